The van der Waals surface area contributed by atoms with Crippen molar-refractivity contribution in [2.75, 3.05) is 0 Å². The standard InChI is InChI=1S/C17H18Cl2N2O/c1-4-17(5-2,6-3)20-10-13-11-22-16(21-13)14-8-7-12(18)9-15(14)19/h1,7-9,11,20H,5-6,10H2,2-3H3. The van der Waals surface area contributed by atoms with E-state index in [4.69, 9.17) is 34.0 Å². The van der Waals surface area contributed by atoms with Crippen molar-refractivity contribution in [3.8, 4) is 23.8 Å². The van der Waals surface area contributed by atoms with Crippen molar-refractivity contribution in [1.29, 1.82) is 0 Å². The van der Waals surface area contributed by atoms with E-state index in [0.717, 1.165) is 18.5 Å². The van der Waals surface area contributed by atoms with Crippen molar-refractivity contribution >= 4 is 23.2 Å². The van der Waals surface area contributed by atoms with Crippen LogP contribution in [0.3, 0.4) is 0 Å². The Hall–Kier alpha value is -1.47. The van der Waals surface area contributed by atoms with Crippen molar-refractivity contribution in [2.24, 2.45) is 0 Å². The summed E-state index contributed by atoms with van der Waals surface area (Å²) in [7, 11) is 0. The van der Waals surface area contributed by atoms with Gasteiger partial charge in [0.15, 0.2) is 0 Å². The first-order chi connectivity index (χ1) is 10.5. The predicted molar refractivity (Wildman–Crippen MR) is 90.9 cm³/mol. The number of nitrogens with zero attached hydrogens (tertiary/aromatic N) is 1. The van der Waals surface area contributed by atoms with E-state index in [2.05, 4.69) is 30.1 Å². The maximum absolute atomic E-state index is 6.16. The Labute approximate surface area is 141 Å². The molecule has 1 aromatic heterocycles. The number of nitrogens with one attached hydrogen (secondary N) is 1. The van der Waals surface area contributed by atoms with Crippen LogP contribution in [0.5, 0.6) is 0 Å². The summed E-state index contributed by atoms with van der Waals surface area (Å²) in [6.07, 6.45) is 8.96. The van der Waals surface area contributed by atoms with Crippen LogP contribution in [0, 0.1) is 12.3 Å². The van der Waals surface area contributed by atoms with Gasteiger partial charge < -0.3 is 4.42 Å². The first-order valence-electron chi connectivity index (χ1n) is 7.16. The summed E-state index contributed by atoms with van der Waals surface area (Å²) >= 11 is 12.1. The number of benzene rings is 1. The van der Waals surface area contributed by atoms with E-state index < -0.39 is 0 Å². The number of aromatic nitrogens is 1. The van der Waals surface area contributed by atoms with E-state index in [1.807, 2.05) is 0 Å². The van der Waals surface area contributed by atoms with Crippen molar-refractivity contribution in [3.63, 3.8) is 0 Å². The minimum Gasteiger partial charge on any atom is -0.444 e. The highest BCUT2D eigenvalue weighted by Gasteiger charge is 2.22. The van der Waals surface area contributed by atoms with Gasteiger partial charge >= 0.3 is 0 Å². The normalized spacial score (nSPS) is 11.4. The number of hydrogen-bond donors (Lipinski definition) is 1. The lowest BCUT2D eigenvalue weighted by atomic mass is 9.94. The molecule has 116 valence electrons. The van der Waals surface area contributed by atoms with Crippen LogP contribution in [0.2, 0.25) is 10.0 Å². The molecule has 0 aliphatic heterocycles. The van der Waals surface area contributed by atoms with Gasteiger partial charge in [0, 0.05) is 11.6 Å². The Kier molecular flexibility index (Phi) is 5.52. The quantitative estimate of drug-likeness (QED) is 0.760. The van der Waals surface area contributed by atoms with Gasteiger partial charge in [0.1, 0.15) is 6.26 Å². The topological polar surface area (TPSA) is 38.1 Å². The third-order valence-corrected chi connectivity index (χ3v) is 4.35. The first kappa shape index (κ1) is 16.9. The smallest absolute Gasteiger partial charge is 0.227 e. The van der Waals surface area contributed by atoms with Gasteiger partial charge in [-0.05, 0) is 31.0 Å². The van der Waals surface area contributed by atoms with Gasteiger partial charge in [-0.2, -0.15) is 0 Å². The summed E-state index contributed by atoms with van der Waals surface area (Å²) < 4.78 is 5.51. The fourth-order valence-electron chi connectivity index (χ4n) is 2.19. The number of halogens is 2. The average Bonchev–Trinajstić information content (AvgIpc) is 2.98. The molecule has 0 saturated heterocycles. The Balaban J connectivity index is 2.14. The number of rotatable bonds is 6. The maximum atomic E-state index is 6.16. The van der Waals surface area contributed by atoms with E-state index in [1.54, 1.807) is 24.5 Å². The molecule has 5 heteroatoms. The van der Waals surface area contributed by atoms with Gasteiger partial charge in [0.25, 0.3) is 0 Å². The molecule has 0 aliphatic rings. The van der Waals surface area contributed by atoms with E-state index in [0.29, 0.717) is 28.0 Å². The molecule has 1 heterocycles. The predicted octanol–water partition coefficient (Wildman–Crippen LogP) is 4.93. The van der Waals surface area contributed by atoms with Crippen molar-refractivity contribution < 1.29 is 4.42 Å². The highest BCUT2D eigenvalue weighted by molar-refractivity contribution is 6.36. The molecule has 0 atom stereocenters. The monoisotopic (exact) mass is 336 g/mol. The Bertz CT molecular complexity index is 684. The molecule has 0 saturated carbocycles. The fourth-order valence-corrected chi connectivity index (χ4v) is 2.68. The van der Waals surface area contributed by atoms with Gasteiger partial charge in [0.05, 0.1) is 21.8 Å². The molecule has 1 N–H and O–H groups in total. The lowest BCUT2D eigenvalue weighted by Gasteiger charge is -2.26. The molecular formula is C17H18Cl2N2O. The average molecular weight is 337 g/mol. The largest absolute Gasteiger partial charge is 0.444 e. The molecule has 0 radical (unpaired) electrons. The van der Waals surface area contributed by atoms with E-state index in [9.17, 15) is 0 Å². The molecule has 1 aromatic carbocycles. The highest BCUT2D eigenvalue weighted by Crippen LogP contribution is 2.29. The Morgan fingerprint density at radius 2 is 2.05 bits per heavy atom. The van der Waals surface area contributed by atoms with Gasteiger partial charge in [-0.3, -0.25) is 5.32 Å². The van der Waals surface area contributed by atoms with Gasteiger partial charge in [-0.1, -0.05) is 43.0 Å². The van der Waals surface area contributed by atoms with E-state index in [1.165, 1.54) is 0 Å². The molecule has 0 bridgehead atoms. The summed E-state index contributed by atoms with van der Waals surface area (Å²) in [5.41, 5.74) is 1.19. The van der Waals surface area contributed by atoms with Crippen LogP contribution in [0.15, 0.2) is 28.9 Å². The zero-order chi connectivity index (χ0) is 16.2. The number of hydrogen-bond acceptors (Lipinski definition) is 3. The summed E-state index contributed by atoms with van der Waals surface area (Å²) in [5.74, 6) is 3.30. The van der Waals surface area contributed by atoms with Crippen LogP contribution in [-0.4, -0.2) is 10.5 Å². The molecular weight excluding hydrogens is 319 g/mol. The molecule has 0 amide bonds. The second kappa shape index (κ2) is 7.19. The molecule has 3 nitrogen and oxygen atoms in total. The van der Waals surface area contributed by atoms with Gasteiger partial charge in [-0.25, -0.2) is 4.98 Å². The summed E-state index contributed by atoms with van der Waals surface area (Å²) in [5, 5.41) is 4.46. The van der Waals surface area contributed by atoms with Crippen LogP contribution in [-0.2, 0) is 6.54 Å². The Morgan fingerprint density at radius 1 is 1.32 bits per heavy atom. The van der Waals surface area contributed by atoms with Crippen molar-refractivity contribution in [2.45, 2.75) is 38.8 Å². The maximum Gasteiger partial charge on any atom is 0.227 e. The third-order valence-electron chi connectivity index (χ3n) is 3.80. The lowest BCUT2D eigenvalue weighted by Crippen LogP contribution is -2.42. The molecule has 0 aliphatic carbocycles. The van der Waals surface area contributed by atoms with Crippen LogP contribution < -0.4 is 5.32 Å². The molecule has 2 rings (SSSR count). The van der Waals surface area contributed by atoms with Gasteiger partial charge in [0.2, 0.25) is 5.89 Å². The van der Waals surface area contributed by atoms with E-state index in [-0.39, 0.29) is 5.54 Å². The van der Waals surface area contributed by atoms with Crippen molar-refractivity contribution in [3.05, 3.63) is 40.2 Å². The van der Waals surface area contributed by atoms with E-state index >= 15 is 0 Å². The zero-order valence-electron chi connectivity index (χ0n) is 12.6. The SMILES string of the molecule is C#CC(CC)(CC)NCc1coc(-c2ccc(Cl)cc2Cl)n1. The zero-order valence-corrected chi connectivity index (χ0v) is 14.1. The summed E-state index contributed by atoms with van der Waals surface area (Å²) in [6, 6.07) is 5.21. The molecule has 2 aromatic rings. The van der Waals surface area contributed by atoms with Gasteiger partial charge in [-0.15, -0.1) is 6.42 Å². The highest BCUT2D eigenvalue weighted by atomic mass is 35.5. The molecule has 0 unspecified atom stereocenters. The number of oxazole rings is 1. The summed E-state index contributed by atoms with van der Waals surface area (Å²) in [6.45, 7) is 4.68. The van der Waals surface area contributed by atoms with Crippen molar-refractivity contribution in [1.82, 2.24) is 10.3 Å². The molecule has 0 fully saturated rings. The van der Waals surface area contributed by atoms with Crippen LogP contribution >= 0.6 is 23.2 Å². The van der Waals surface area contributed by atoms with Crippen LogP contribution in [0.4, 0.5) is 0 Å². The van der Waals surface area contributed by atoms with Crippen LogP contribution in [0.1, 0.15) is 32.4 Å². The minimum absolute atomic E-state index is 0.309. The molecule has 22 heavy (non-hydrogen) atoms. The number of terminal acetylenes is 1. The lowest BCUT2D eigenvalue weighted by molar-refractivity contribution is 0.387. The molecule has 0 spiro atoms. The third kappa shape index (κ3) is 3.64. The Morgan fingerprint density at radius 3 is 2.64 bits per heavy atom. The fraction of sp³-hybridized carbons (Fsp3) is 0.353. The second-order valence-corrected chi connectivity index (χ2v) is 5.90. The minimum atomic E-state index is -0.309. The summed E-state index contributed by atoms with van der Waals surface area (Å²) in [4.78, 5) is 4.45. The second-order valence-electron chi connectivity index (χ2n) is 5.06. The van der Waals surface area contributed by atoms with Crippen LogP contribution in [0.25, 0.3) is 11.5 Å². The first-order valence-corrected chi connectivity index (χ1v) is 7.91.